The van der Waals surface area contributed by atoms with Crippen LogP contribution in [0.4, 0.5) is 4.39 Å². The van der Waals surface area contributed by atoms with Crippen molar-refractivity contribution in [1.29, 1.82) is 0 Å². The number of primary amides is 1. The molecule has 1 aliphatic carbocycles. The molecule has 0 unspecified atom stereocenters. The third-order valence-electron chi connectivity index (χ3n) is 14.5. The first-order valence-corrected chi connectivity index (χ1v) is 25.7. The summed E-state index contributed by atoms with van der Waals surface area (Å²) in [6.45, 7) is 0.267. The third kappa shape index (κ3) is 12.1. The standard InChI is InChI=1S/C54H57FN10O15/c1-3-54(79)32-19-38-49-30(24-65(38)51(76)31(32)26-80-53(54)78)48-34(12-11-29-27(2)33(55)20-35(62-49)47(29)48)59-40(67)10-7-16-63(25-39(56)66)52(77)37(18-28-8-5-4-6-9-28)61-43(70)23-57-42(69)22-58-50(75)36(21-46(73)74)60-41(68)15-17-64-44(71)13-14-45(64)72/h4-6,8-9,13-14,19-20,34,36-37,79H,3,7,10-12,15-18,21-26H2,1-2H3,(H2,56,66)(H,57,69)(H,58,75)(H,59,67)(H,60,68)(H,61,70)(H,73,74)/t34-,36-,37-,54-/m0/s1. The van der Waals surface area contributed by atoms with Crippen LogP contribution in [-0.2, 0) is 89.1 Å². The molecule has 0 radical (unpaired) electrons. The summed E-state index contributed by atoms with van der Waals surface area (Å²) in [5.74, 6) is -10.0. The van der Waals surface area contributed by atoms with E-state index >= 15 is 4.39 Å². The van der Waals surface area contributed by atoms with E-state index in [2.05, 4.69) is 26.6 Å². The minimum atomic E-state index is -2.09. The van der Waals surface area contributed by atoms with E-state index < -0.39 is 133 Å². The number of imide groups is 1. The molecule has 8 rings (SSSR count). The van der Waals surface area contributed by atoms with E-state index in [1.165, 1.54) is 10.6 Å². The maximum atomic E-state index is 15.5. The second-order valence-electron chi connectivity index (χ2n) is 19.7. The number of benzene rings is 2. The Morgan fingerprint density at radius 2 is 1.60 bits per heavy atom. The number of aliphatic carboxylic acids is 1. The number of hydrogen-bond acceptors (Lipinski definition) is 15. The lowest BCUT2D eigenvalue weighted by Crippen LogP contribution is -2.54. The van der Waals surface area contributed by atoms with Gasteiger partial charge in [-0.25, -0.2) is 14.2 Å². The molecule has 2 aromatic carbocycles. The zero-order valence-corrected chi connectivity index (χ0v) is 43.5. The van der Waals surface area contributed by atoms with Gasteiger partial charge in [0.05, 0.1) is 61.1 Å². The molecule has 3 aliphatic heterocycles. The van der Waals surface area contributed by atoms with Crippen LogP contribution < -0.4 is 37.9 Å². The highest BCUT2D eigenvalue weighted by Gasteiger charge is 2.46. The van der Waals surface area contributed by atoms with Crippen molar-refractivity contribution in [3.63, 3.8) is 0 Å². The Labute approximate surface area is 454 Å². The van der Waals surface area contributed by atoms with E-state index in [4.69, 9.17) is 15.5 Å². The van der Waals surface area contributed by atoms with Crippen LogP contribution in [0.15, 0.2) is 59.4 Å². The average Bonchev–Trinajstić information content (AvgIpc) is 4.18. The van der Waals surface area contributed by atoms with Crippen molar-refractivity contribution in [3.05, 3.63) is 110 Å². The van der Waals surface area contributed by atoms with Crippen molar-refractivity contribution in [2.24, 2.45) is 5.73 Å². The van der Waals surface area contributed by atoms with E-state index in [0.29, 0.717) is 57.4 Å². The lowest BCUT2D eigenvalue weighted by atomic mass is 9.81. The maximum absolute atomic E-state index is 15.5. The summed E-state index contributed by atoms with van der Waals surface area (Å²) in [5, 5.41) is 33.7. The number of rotatable bonds is 23. The molecule has 0 fully saturated rings. The summed E-state index contributed by atoms with van der Waals surface area (Å²) < 4.78 is 22.2. The molecular weight excluding hydrogens is 1050 g/mol. The smallest absolute Gasteiger partial charge is 0.343 e. The number of pyridine rings is 2. The van der Waals surface area contributed by atoms with Crippen LogP contribution in [-0.4, -0.2) is 139 Å². The first-order valence-electron chi connectivity index (χ1n) is 25.7. The van der Waals surface area contributed by atoms with E-state index in [0.717, 1.165) is 22.0 Å². The average molecular weight is 1110 g/mol. The highest BCUT2D eigenvalue weighted by Crippen LogP contribution is 2.46. The number of halogens is 1. The lowest BCUT2D eigenvalue weighted by molar-refractivity contribution is -0.172. The van der Waals surface area contributed by atoms with Crippen LogP contribution in [0, 0.1) is 12.7 Å². The molecule has 420 valence electrons. The molecule has 0 saturated carbocycles. The zero-order chi connectivity index (χ0) is 57.7. The molecule has 25 nitrogen and oxygen atoms in total. The van der Waals surface area contributed by atoms with Gasteiger partial charge in [0.15, 0.2) is 5.60 Å². The summed E-state index contributed by atoms with van der Waals surface area (Å²) in [6.07, 6.45) is 1.03. The second kappa shape index (κ2) is 23.8. The normalized spacial score (nSPS) is 17.3. The van der Waals surface area contributed by atoms with Gasteiger partial charge in [0.25, 0.3) is 17.4 Å². The summed E-state index contributed by atoms with van der Waals surface area (Å²) in [7, 11) is 0. The predicted molar refractivity (Wildman–Crippen MR) is 276 cm³/mol. The summed E-state index contributed by atoms with van der Waals surface area (Å²) >= 11 is 0. The van der Waals surface area contributed by atoms with Gasteiger partial charge in [-0.3, -0.25) is 57.6 Å². The molecule has 0 spiro atoms. The molecule has 4 atom stereocenters. The van der Waals surface area contributed by atoms with Crippen LogP contribution in [0.3, 0.4) is 0 Å². The summed E-state index contributed by atoms with van der Waals surface area (Å²) in [4.78, 5) is 161. The van der Waals surface area contributed by atoms with Crippen LogP contribution in [0.2, 0.25) is 0 Å². The molecule has 4 aromatic rings. The van der Waals surface area contributed by atoms with Gasteiger partial charge in [0.2, 0.25) is 41.4 Å². The first kappa shape index (κ1) is 57.0. The van der Waals surface area contributed by atoms with Crippen molar-refractivity contribution in [1.82, 2.24) is 45.9 Å². The number of ether oxygens (including phenoxy) is 1. The number of carboxylic acids is 1. The molecule has 9 amide bonds. The number of nitrogens with one attached hydrogen (secondary N) is 5. The maximum Gasteiger partial charge on any atom is 0.343 e. The number of amides is 9. The van der Waals surface area contributed by atoms with Crippen molar-refractivity contribution in [3.8, 4) is 11.4 Å². The molecule has 26 heteroatoms. The highest BCUT2D eigenvalue weighted by molar-refractivity contribution is 6.13. The van der Waals surface area contributed by atoms with Crippen molar-refractivity contribution in [2.75, 3.05) is 32.7 Å². The molecule has 0 saturated heterocycles. The summed E-state index contributed by atoms with van der Waals surface area (Å²) in [6, 6.07) is 7.66. The Morgan fingerprint density at radius 3 is 2.29 bits per heavy atom. The second-order valence-corrected chi connectivity index (χ2v) is 19.7. The molecule has 2 aromatic heterocycles. The van der Waals surface area contributed by atoms with Gasteiger partial charge in [-0.2, -0.15) is 0 Å². The molecule has 9 N–H and O–H groups in total. The number of carbonyl (C=O) groups is 11. The molecular formula is C54H57FN10O15. The monoisotopic (exact) mass is 1100 g/mol. The lowest BCUT2D eigenvalue weighted by Gasteiger charge is -2.31. The Bertz CT molecular complexity index is 3360. The molecule has 4 aliphatic rings. The number of hydrogen-bond donors (Lipinski definition) is 8. The van der Waals surface area contributed by atoms with Crippen LogP contribution >= 0.6 is 0 Å². The number of aliphatic hydroxyl groups is 1. The van der Waals surface area contributed by atoms with Crippen molar-refractivity contribution >= 4 is 76.0 Å². The van der Waals surface area contributed by atoms with E-state index in [-0.39, 0.29) is 68.6 Å². The topological polar surface area (TPSA) is 365 Å². The van der Waals surface area contributed by atoms with Gasteiger partial charge in [0, 0.05) is 67.1 Å². The number of esters is 1. The number of aromatic nitrogens is 2. The van der Waals surface area contributed by atoms with E-state index in [1.54, 1.807) is 50.2 Å². The van der Waals surface area contributed by atoms with Crippen LogP contribution in [0.25, 0.3) is 22.3 Å². The number of aryl methyl sites for hydroxylation is 1. The number of fused-ring (bicyclic) bond motifs is 5. The number of nitrogens with two attached hydrogens (primary N) is 1. The Morgan fingerprint density at radius 1 is 0.900 bits per heavy atom. The first-order chi connectivity index (χ1) is 38.1. The fraction of sp³-hybridized carbons (Fsp3) is 0.389. The van der Waals surface area contributed by atoms with Gasteiger partial charge in [-0.05, 0) is 60.9 Å². The minimum absolute atomic E-state index is 0.00101. The Balaban J connectivity index is 0.911. The van der Waals surface area contributed by atoms with Crippen molar-refractivity contribution in [2.45, 2.75) is 102 Å². The third-order valence-corrected chi connectivity index (χ3v) is 14.5. The summed E-state index contributed by atoms with van der Waals surface area (Å²) in [5.41, 5.74) is 7.03. The van der Waals surface area contributed by atoms with Gasteiger partial charge in [-0.15, -0.1) is 0 Å². The molecule has 0 bridgehead atoms. The van der Waals surface area contributed by atoms with Crippen LogP contribution in [0.5, 0.6) is 0 Å². The van der Waals surface area contributed by atoms with Gasteiger partial charge in [-0.1, -0.05) is 37.3 Å². The quantitative estimate of drug-likeness (QED) is 0.0286. The SMILES string of the molecule is CC[C@@]1(O)C(=O)OCc2c1cc1n(c2=O)Cc2c-1nc1cc(F)c(C)c3c1c2[C@@H](NC(=O)CCCN(CC(N)=O)C(=O)[C@H](Cc1ccccc1)NC(=O)CNC(=O)CNC(=O)[C@H](CC(=O)O)NC(=O)CCN1C(=O)C=CC1=O)CC3. The van der Waals surface area contributed by atoms with E-state index in [1.807, 2.05) is 0 Å². The molecule has 80 heavy (non-hydrogen) atoms. The van der Waals surface area contributed by atoms with Gasteiger partial charge < -0.3 is 56.7 Å². The highest BCUT2D eigenvalue weighted by atomic mass is 19.1. The Kier molecular flexibility index (Phi) is 17.0. The fourth-order valence-corrected chi connectivity index (χ4v) is 10.4. The fourth-order valence-electron chi connectivity index (χ4n) is 10.4. The van der Waals surface area contributed by atoms with E-state index in [9.17, 15) is 67.7 Å². The number of carboxylic acid groups (broad SMARTS) is 1. The van der Waals surface area contributed by atoms with Gasteiger partial charge in [0.1, 0.15) is 24.5 Å². The number of cyclic esters (lactones) is 1. The van der Waals surface area contributed by atoms with Crippen molar-refractivity contribution < 1.29 is 72.1 Å². The Hall–Kier alpha value is -9.20. The predicted octanol–water partition coefficient (Wildman–Crippen LogP) is -1.04. The van der Waals surface area contributed by atoms with Gasteiger partial charge >= 0.3 is 11.9 Å². The molecule has 5 heterocycles. The number of carbonyl (C=O) groups excluding carboxylic acids is 10. The van der Waals surface area contributed by atoms with Crippen LogP contribution in [0.1, 0.15) is 90.4 Å². The number of nitrogens with zero attached hydrogens (tertiary/aromatic N) is 4. The zero-order valence-electron chi connectivity index (χ0n) is 43.5. The largest absolute Gasteiger partial charge is 0.481 e. The minimum Gasteiger partial charge on any atom is -0.481 e.